The number of halogens is 1. The molecule has 0 saturated carbocycles. The maximum atomic E-state index is 14.1. The molecule has 1 amide bonds. The van der Waals surface area contributed by atoms with Gasteiger partial charge >= 0.3 is 0 Å². The van der Waals surface area contributed by atoms with Gasteiger partial charge in [0, 0.05) is 43.2 Å². The normalized spacial score (nSPS) is 13.3. The molecule has 4 rings (SSSR count). The molecule has 0 atom stereocenters. The van der Waals surface area contributed by atoms with Gasteiger partial charge in [0.15, 0.2) is 11.6 Å². The zero-order chi connectivity index (χ0) is 23.2. The molecule has 0 spiro atoms. The van der Waals surface area contributed by atoms with Gasteiger partial charge in [-0.25, -0.2) is 4.39 Å². The van der Waals surface area contributed by atoms with Crippen molar-refractivity contribution in [3.63, 3.8) is 0 Å². The van der Waals surface area contributed by atoms with Crippen LogP contribution in [0, 0.1) is 5.82 Å². The minimum Gasteiger partial charge on any atom is -0.494 e. The van der Waals surface area contributed by atoms with E-state index in [1.807, 2.05) is 30.6 Å². The summed E-state index contributed by atoms with van der Waals surface area (Å²) in [5.41, 5.74) is 3.61. The number of hydrogen-bond acceptors (Lipinski definition) is 5. The molecule has 3 aromatic rings. The van der Waals surface area contributed by atoms with Crippen molar-refractivity contribution < 1.29 is 18.7 Å². The first-order chi connectivity index (χ1) is 16.1. The molecule has 0 unspecified atom stereocenters. The summed E-state index contributed by atoms with van der Waals surface area (Å²) in [5, 5.41) is 0. The quantitative estimate of drug-likeness (QED) is 0.539. The molecule has 2 heterocycles. The Bertz CT molecular complexity index is 1110. The summed E-state index contributed by atoms with van der Waals surface area (Å²) < 4.78 is 25.0. The highest BCUT2D eigenvalue weighted by Gasteiger charge is 2.22. The number of pyridine rings is 1. The second-order valence-corrected chi connectivity index (χ2v) is 8.03. The highest BCUT2D eigenvalue weighted by atomic mass is 19.1. The lowest BCUT2D eigenvalue weighted by Crippen LogP contribution is -2.32. The summed E-state index contributed by atoms with van der Waals surface area (Å²) in [6, 6.07) is 14.5. The first-order valence-corrected chi connectivity index (χ1v) is 11.1. The largest absolute Gasteiger partial charge is 0.494 e. The van der Waals surface area contributed by atoms with Crippen molar-refractivity contribution in [2.45, 2.75) is 26.6 Å². The van der Waals surface area contributed by atoms with Gasteiger partial charge in [0.1, 0.15) is 12.4 Å². The van der Waals surface area contributed by atoms with Crippen molar-refractivity contribution >= 4 is 5.91 Å². The van der Waals surface area contributed by atoms with Crippen LogP contribution in [0.3, 0.4) is 0 Å². The van der Waals surface area contributed by atoms with E-state index in [2.05, 4.69) is 28.9 Å². The average molecular weight is 450 g/mol. The number of carbonyl (C=O) groups is 1. The number of aromatic nitrogens is 1. The zero-order valence-electron chi connectivity index (χ0n) is 19.0. The van der Waals surface area contributed by atoms with Crippen LogP contribution in [0.2, 0.25) is 0 Å². The predicted octanol–water partition coefficient (Wildman–Crippen LogP) is 4.29. The molecule has 2 aromatic carbocycles. The smallest absolute Gasteiger partial charge is 0.254 e. The number of hydrogen-bond donors (Lipinski definition) is 0. The summed E-state index contributed by atoms with van der Waals surface area (Å²) >= 11 is 0. The Morgan fingerprint density at radius 2 is 1.91 bits per heavy atom. The number of methoxy groups -OCH3 is 1. The fraction of sp³-hybridized carbons (Fsp3) is 0.308. The summed E-state index contributed by atoms with van der Waals surface area (Å²) in [5.74, 6) is 0.123. The van der Waals surface area contributed by atoms with E-state index >= 15 is 0 Å². The maximum absolute atomic E-state index is 14.1. The van der Waals surface area contributed by atoms with Gasteiger partial charge in [-0.3, -0.25) is 14.7 Å². The van der Waals surface area contributed by atoms with E-state index in [0.717, 1.165) is 36.5 Å². The molecule has 0 bridgehead atoms. The van der Waals surface area contributed by atoms with Crippen LogP contribution in [-0.4, -0.2) is 47.5 Å². The average Bonchev–Trinajstić information content (AvgIpc) is 3.06. The second kappa shape index (κ2) is 10.4. The molecule has 33 heavy (non-hydrogen) atoms. The van der Waals surface area contributed by atoms with E-state index < -0.39 is 5.82 Å². The Hall–Kier alpha value is -3.45. The minimum absolute atomic E-state index is 0.119. The second-order valence-electron chi connectivity index (χ2n) is 8.03. The van der Waals surface area contributed by atoms with Gasteiger partial charge in [0.25, 0.3) is 5.91 Å². The predicted molar refractivity (Wildman–Crippen MR) is 124 cm³/mol. The first kappa shape index (κ1) is 22.7. The van der Waals surface area contributed by atoms with E-state index in [4.69, 9.17) is 9.47 Å². The van der Waals surface area contributed by atoms with Crippen LogP contribution in [0.4, 0.5) is 4.39 Å². The van der Waals surface area contributed by atoms with E-state index in [1.165, 1.54) is 24.8 Å². The Kier molecular flexibility index (Phi) is 7.19. The molecular formula is C26H28FN3O3. The molecular weight excluding hydrogens is 421 g/mol. The molecule has 1 aliphatic heterocycles. The summed E-state index contributed by atoms with van der Waals surface area (Å²) in [7, 11) is 1.40. The Morgan fingerprint density at radius 1 is 1.12 bits per heavy atom. The van der Waals surface area contributed by atoms with Gasteiger partial charge < -0.3 is 14.4 Å². The van der Waals surface area contributed by atoms with Crippen molar-refractivity contribution in [1.29, 1.82) is 0 Å². The Morgan fingerprint density at radius 3 is 2.64 bits per heavy atom. The molecule has 0 fully saturated rings. The summed E-state index contributed by atoms with van der Waals surface area (Å²) in [6.07, 6.45) is 3.62. The monoisotopic (exact) mass is 449 g/mol. The van der Waals surface area contributed by atoms with Gasteiger partial charge in [-0.1, -0.05) is 13.0 Å². The summed E-state index contributed by atoms with van der Waals surface area (Å²) in [4.78, 5) is 21.2. The lowest BCUT2D eigenvalue weighted by atomic mass is 10.1. The van der Waals surface area contributed by atoms with Crippen LogP contribution >= 0.6 is 0 Å². The zero-order valence-corrected chi connectivity index (χ0v) is 19.0. The van der Waals surface area contributed by atoms with Crippen LogP contribution in [0.1, 0.15) is 34.0 Å². The van der Waals surface area contributed by atoms with Crippen molar-refractivity contribution in [3.05, 3.63) is 89.0 Å². The van der Waals surface area contributed by atoms with E-state index in [0.29, 0.717) is 25.3 Å². The number of benzene rings is 2. The molecule has 172 valence electrons. The third-order valence-electron chi connectivity index (χ3n) is 5.80. The molecule has 0 radical (unpaired) electrons. The Balaban J connectivity index is 1.50. The first-order valence-electron chi connectivity index (χ1n) is 11.1. The Labute approximate surface area is 193 Å². The summed E-state index contributed by atoms with van der Waals surface area (Å²) in [6.45, 7) is 5.89. The van der Waals surface area contributed by atoms with Crippen LogP contribution in [0.5, 0.6) is 11.5 Å². The van der Waals surface area contributed by atoms with Crippen molar-refractivity contribution in [2.75, 3.05) is 26.8 Å². The third-order valence-corrected chi connectivity index (χ3v) is 5.80. The molecule has 1 aliphatic rings. The topological polar surface area (TPSA) is 54.9 Å². The number of fused-ring (bicyclic) bond motifs is 1. The van der Waals surface area contributed by atoms with Crippen LogP contribution in [0.25, 0.3) is 0 Å². The third kappa shape index (κ3) is 5.49. The maximum Gasteiger partial charge on any atom is 0.254 e. The van der Waals surface area contributed by atoms with Gasteiger partial charge in [-0.2, -0.15) is 0 Å². The standard InChI is InChI=1S/C26H28FN3O3/c1-3-29(16-19-8-10-28-11-9-19)17-20-4-6-24-22(14-20)18-30(12-13-33-24)26(31)21-5-7-25(32-2)23(27)15-21/h4-11,14-15H,3,12-13,16-18H2,1-2H3. The molecule has 0 saturated heterocycles. The van der Waals surface area contributed by atoms with Crippen LogP contribution in [0.15, 0.2) is 60.9 Å². The van der Waals surface area contributed by atoms with E-state index in [1.54, 1.807) is 11.0 Å². The van der Waals surface area contributed by atoms with Crippen LogP contribution in [-0.2, 0) is 19.6 Å². The minimum atomic E-state index is -0.550. The molecule has 1 aromatic heterocycles. The van der Waals surface area contributed by atoms with E-state index in [-0.39, 0.29) is 11.7 Å². The van der Waals surface area contributed by atoms with Crippen molar-refractivity contribution in [1.82, 2.24) is 14.8 Å². The number of carbonyl (C=O) groups excluding carboxylic acids is 1. The van der Waals surface area contributed by atoms with Gasteiger partial charge in [-0.05, 0) is 60.1 Å². The van der Waals surface area contributed by atoms with Gasteiger partial charge in [0.2, 0.25) is 0 Å². The lowest BCUT2D eigenvalue weighted by molar-refractivity contribution is 0.0732. The SMILES string of the molecule is CCN(Cc1ccncc1)Cc1ccc2c(c1)CN(C(=O)c1ccc(OC)c(F)c1)CCO2. The molecule has 0 N–H and O–H groups in total. The molecule has 6 nitrogen and oxygen atoms in total. The van der Waals surface area contributed by atoms with Gasteiger partial charge in [-0.15, -0.1) is 0 Å². The molecule has 7 heteroatoms. The molecule has 0 aliphatic carbocycles. The van der Waals surface area contributed by atoms with E-state index in [9.17, 15) is 9.18 Å². The fourth-order valence-electron chi connectivity index (χ4n) is 3.99. The van der Waals surface area contributed by atoms with Crippen molar-refractivity contribution in [2.24, 2.45) is 0 Å². The van der Waals surface area contributed by atoms with Gasteiger partial charge in [0.05, 0.1) is 13.7 Å². The van der Waals surface area contributed by atoms with Crippen LogP contribution < -0.4 is 9.47 Å². The lowest BCUT2D eigenvalue weighted by Gasteiger charge is -2.22. The van der Waals surface area contributed by atoms with Crippen molar-refractivity contribution in [3.8, 4) is 11.5 Å². The highest BCUT2D eigenvalue weighted by molar-refractivity contribution is 5.94. The number of nitrogens with zero attached hydrogens (tertiary/aromatic N) is 3. The fourth-order valence-corrected chi connectivity index (χ4v) is 3.99. The number of amides is 1. The highest BCUT2D eigenvalue weighted by Crippen LogP contribution is 2.27. The number of ether oxygens (including phenoxy) is 2. The number of rotatable bonds is 7.